The molecule has 0 unspecified atom stereocenters. The van der Waals surface area contributed by atoms with Gasteiger partial charge in [-0.1, -0.05) is 0 Å². The van der Waals surface area contributed by atoms with Crippen LogP contribution in [0.1, 0.15) is 17.8 Å². The fourth-order valence-electron chi connectivity index (χ4n) is 2.67. The van der Waals surface area contributed by atoms with Gasteiger partial charge < -0.3 is 9.80 Å². The monoisotopic (exact) mass is 392 g/mol. The third-order valence-electron chi connectivity index (χ3n) is 4.03. The zero-order chi connectivity index (χ0) is 19.7. The molecule has 1 aliphatic rings. The maximum atomic E-state index is 12.6. The summed E-state index contributed by atoms with van der Waals surface area (Å²) < 4.78 is 75.4. The topological polar surface area (TPSA) is 58.0 Å². The molecule has 3 heterocycles. The molecule has 12 heteroatoms. The van der Waals surface area contributed by atoms with Crippen molar-refractivity contribution in [3.63, 3.8) is 0 Å². The van der Waals surface area contributed by atoms with Crippen LogP contribution >= 0.6 is 0 Å². The zero-order valence-corrected chi connectivity index (χ0v) is 13.8. The smallest absolute Gasteiger partial charge is 0.353 e. The molecule has 146 valence electrons. The molecule has 0 radical (unpaired) electrons. The van der Waals surface area contributed by atoms with E-state index >= 15 is 0 Å². The van der Waals surface area contributed by atoms with E-state index in [0.29, 0.717) is 44.2 Å². The Labute approximate surface area is 149 Å². The van der Waals surface area contributed by atoms with Crippen LogP contribution in [-0.4, -0.2) is 46.6 Å². The highest BCUT2D eigenvalue weighted by atomic mass is 19.4. The summed E-state index contributed by atoms with van der Waals surface area (Å²) in [6.07, 6.45) is -8.49. The van der Waals surface area contributed by atoms with Crippen LogP contribution < -0.4 is 9.80 Å². The van der Waals surface area contributed by atoms with Crippen molar-refractivity contribution >= 4 is 11.6 Å². The minimum atomic E-state index is -4.55. The summed E-state index contributed by atoms with van der Waals surface area (Å²) >= 11 is 0. The van der Waals surface area contributed by atoms with Gasteiger partial charge in [0.1, 0.15) is 0 Å². The van der Waals surface area contributed by atoms with E-state index in [9.17, 15) is 26.3 Å². The molecule has 1 aliphatic heterocycles. The number of anilines is 2. The second-order valence-corrected chi connectivity index (χ2v) is 5.88. The number of nitrogens with zero attached hydrogens (tertiary/aromatic N) is 6. The minimum absolute atomic E-state index is 0.309. The van der Waals surface area contributed by atoms with Crippen LogP contribution in [0.25, 0.3) is 0 Å². The van der Waals surface area contributed by atoms with Crippen LogP contribution in [0.4, 0.5) is 38.0 Å². The van der Waals surface area contributed by atoms with E-state index in [-0.39, 0.29) is 0 Å². The summed E-state index contributed by atoms with van der Waals surface area (Å²) in [6.45, 7) is 1.85. The van der Waals surface area contributed by atoms with Gasteiger partial charge in [-0.2, -0.15) is 26.3 Å². The third kappa shape index (κ3) is 4.55. The summed E-state index contributed by atoms with van der Waals surface area (Å²) in [5.41, 5.74) is -2.13. The Bertz CT molecular complexity index is 693. The summed E-state index contributed by atoms with van der Waals surface area (Å²) in [5.74, 6) is 0.617. The molecule has 0 spiro atoms. The van der Waals surface area contributed by atoms with E-state index in [1.807, 2.05) is 0 Å². The Morgan fingerprint density at radius 1 is 0.593 bits per heavy atom. The highest BCUT2D eigenvalue weighted by Crippen LogP contribution is 2.29. The Kier molecular flexibility index (Phi) is 5.07. The lowest BCUT2D eigenvalue weighted by molar-refractivity contribution is -0.142. The first kappa shape index (κ1) is 19.1. The van der Waals surface area contributed by atoms with Crippen molar-refractivity contribution in [2.24, 2.45) is 0 Å². The lowest BCUT2D eigenvalue weighted by atomic mass is 10.3. The second kappa shape index (κ2) is 7.16. The van der Waals surface area contributed by atoms with E-state index in [4.69, 9.17) is 0 Å². The number of rotatable bonds is 2. The molecule has 1 fully saturated rings. The molecule has 3 rings (SSSR count). The van der Waals surface area contributed by atoms with E-state index in [0.717, 1.165) is 12.1 Å². The Morgan fingerprint density at radius 3 is 1.30 bits per heavy atom. The van der Waals surface area contributed by atoms with E-state index in [1.165, 1.54) is 12.1 Å². The Morgan fingerprint density at radius 2 is 1.00 bits per heavy atom. The molecule has 27 heavy (non-hydrogen) atoms. The average molecular weight is 392 g/mol. The van der Waals surface area contributed by atoms with Crippen molar-refractivity contribution in [3.05, 3.63) is 35.7 Å². The summed E-state index contributed by atoms with van der Waals surface area (Å²) in [7, 11) is 0. The Balaban J connectivity index is 1.67. The molecule has 2 aromatic rings. The highest BCUT2D eigenvalue weighted by molar-refractivity contribution is 5.42. The first-order valence-corrected chi connectivity index (χ1v) is 7.96. The van der Waals surface area contributed by atoms with Crippen molar-refractivity contribution in [1.82, 2.24) is 20.4 Å². The molecular formula is C15H14F6N6. The average Bonchev–Trinajstić information content (AvgIpc) is 2.87. The summed E-state index contributed by atoms with van der Waals surface area (Å²) in [6, 6.07) is 4.24. The van der Waals surface area contributed by atoms with Crippen molar-refractivity contribution < 1.29 is 26.3 Å². The normalized spacial score (nSPS) is 16.4. The van der Waals surface area contributed by atoms with Gasteiger partial charge >= 0.3 is 12.4 Å². The fraction of sp³-hybridized carbons (Fsp3) is 0.467. The van der Waals surface area contributed by atoms with Gasteiger partial charge in [-0.05, 0) is 30.7 Å². The van der Waals surface area contributed by atoms with Gasteiger partial charge in [0.2, 0.25) is 0 Å². The number of aromatic nitrogens is 4. The maximum absolute atomic E-state index is 12.6. The molecule has 1 saturated heterocycles. The lowest BCUT2D eigenvalue weighted by Crippen LogP contribution is -2.32. The van der Waals surface area contributed by atoms with Gasteiger partial charge in [0.05, 0.1) is 0 Å². The SMILES string of the molecule is FC(F)(F)c1ccc(N2CCCN(c3ccc(C(F)(F)F)nn3)CC2)nn1. The van der Waals surface area contributed by atoms with Crippen molar-refractivity contribution in [2.45, 2.75) is 18.8 Å². The predicted octanol–water partition coefficient (Wildman–Crippen LogP) is 3.02. The number of halogens is 6. The van der Waals surface area contributed by atoms with Crippen molar-refractivity contribution in [3.8, 4) is 0 Å². The quantitative estimate of drug-likeness (QED) is 0.733. The molecule has 0 aromatic carbocycles. The van der Waals surface area contributed by atoms with Crippen LogP contribution in [-0.2, 0) is 12.4 Å². The van der Waals surface area contributed by atoms with Gasteiger partial charge in [0, 0.05) is 26.2 Å². The van der Waals surface area contributed by atoms with Crippen molar-refractivity contribution in [1.29, 1.82) is 0 Å². The molecular weight excluding hydrogens is 378 g/mol. The summed E-state index contributed by atoms with van der Waals surface area (Å²) in [4.78, 5) is 3.54. The van der Waals surface area contributed by atoms with E-state index < -0.39 is 23.7 Å². The van der Waals surface area contributed by atoms with E-state index in [1.54, 1.807) is 9.80 Å². The van der Waals surface area contributed by atoms with Gasteiger partial charge in [0.15, 0.2) is 23.0 Å². The van der Waals surface area contributed by atoms with Crippen LogP contribution in [0.3, 0.4) is 0 Å². The number of alkyl halides is 6. The van der Waals surface area contributed by atoms with Gasteiger partial charge in [-0.3, -0.25) is 0 Å². The zero-order valence-electron chi connectivity index (χ0n) is 13.8. The molecule has 0 atom stereocenters. The molecule has 6 nitrogen and oxygen atoms in total. The molecule has 0 saturated carbocycles. The fourth-order valence-corrected chi connectivity index (χ4v) is 2.67. The molecule has 0 bridgehead atoms. The number of hydrogen-bond acceptors (Lipinski definition) is 6. The van der Waals surface area contributed by atoms with Crippen LogP contribution in [0, 0.1) is 0 Å². The van der Waals surface area contributed by atoms with Crippen molar-refractivity contribution in [2.75, 3.05) is 36.0 Å². The van der Waals surface area contributed by atoms with E-state index in [2.05, 4.69) is 20.4 Å². The first-order chi connectivity index (χ1) is 12.6. The second-order valence-electron chi connectivity index (χ2n) is 5.88. The summed E-state index contributed by atoms with van der Waals surface area (Å²) in [5, 5.41) is 13.7. The highest BCUT2D eigenvalue weighted by Gasteiger charge is 2.34. The molecule has 2 aromatic heterocycles. The standard InChI is InChI=1S/C15H14F6N6/c16-14(17,18)10-2-4-12(24-22-10)26-6-1-7-27(9-8-26)13-5-3-11(23-25-13)15(19,20)21/h2-5H,1,6-9H2. The van der Waals surface area contributed by atoms with Crippen LogP contribution in [0.5, 0.6) is 0 Å². The van der Waals surface area contributed by atoms with Crippen LogP contribution in [0.15, 0.2) is 24.3 Å². The Hall–Kier alpha value is -2.66. The van der Waals surface area contributed by atoms with Gasteiger partial charge in [0.25, 0.3) is 0 Å². The third-order valence-corrected chi connectivity index (χ3v) is 4.03. The molecule has 0 amide bonds. The van der Waals surface area contributed by atoms with Crippen LogP contribution in [0.2, 0.25) is 0 Å². The number of hydrogen-bond donors (Lipinski definition) is 0. The maximum Gasteiger partial charge on any atom is 0.435 e. The lowest BCUT2D eigenvalue weighted by Gasteiger charge is -2.23. The first-order valence-electron chi connectivity index (χ1n) is 7.96. The van der Waals surface area contributed by atoms with Gasteiger partial charge in [-0.15, -0.1) is 20.4 Å². The minimum Gasteiger partial charge on any atom is -0.353 e. The molecule has 0 aliphatic carbocycles. The van der Waals surface area contributed by atoms with Gasteiger partial charge in [-0.25, -0.2) is 0 Å². The largest absolute Gasteiger partial charge is 0.435 e. The predicted molar refractivity (Wildman–Crippen MR) is 83.1 cm³/mol. The molecule has 0 N–H and O–H groups in total.